The molecular formula is C25H29N5O4. The molecule has 4 aromatic rings. The number of aromatic amines is 1. The predicted molar refractivity (Wildman–Crippen MR) is 130 cm³/mol. The summed E-state index contributed by atoms with van der Waals surface area (Å²) in [7, 11) is 0. The van der Waals surface area contributed by atoms with E-state index in [-0.39, 0.29) is 12.5 Å². The molecule has 0 unspecified atom stereocenters. The van der Waals surface area contributed by atoms with Crippen LogP contribution in [0.5, 0.6) is 0 Å². The lowest BCUT2D eigenvalue weighted by molar-refractivity contribution is 0.0461. The van der Waals surface area contributed by atoms with E-state index in [1.807, 2.05) is 52.0 Å². The zero-order chi connectivity index (χ0) is 24.4. The fourth-order valence-electron chi connectivity index (χ4n) is 4.06. The highest BCUT2D eigenvalue weighted by molar-refractivity contribution is 6.03. The number of esters is 1. The van der Waals surface area contributed by atoms with Gasteiger partial charge >= 0.3 is 11.7 Å². The molecule has 9 nitrogen and oxygen atoms in total. The van der Waals surface area contributed by atoms with Crippen LogP contribution < -0.4 is 11.2 Å². The number of nitrogens with one attached hydrogen (secondary N) is 1. The number of nitrogens with zero attached hydrogens (tertiary/aromatic N) is 4. The van der Waals surface area contributed by atoms with E-state index in [4.69, 9.17) is 4.74 Å². The second-order valence-corrected chi connectivity index (χ2v) is 8.55. The highest BCUT2D eigenvalue weighted by Crippen LogP contribution is 2.23. The molecule has 0 saturated carbocycles. The van der Waals surface area contributed by atoms with Crippen molar-refractivity contribution in [3.05, 3.63) is 68.3 Å². The van der Waals surface area contributed by atoms with Crippen LogP contribution >= 0.6 is 0 Å². The van der Waals surface area contributed by atoms with E-state index in [2.05, 4.69) is 15.0 Å². The largest absolute Gasteiger partial charge is 0.454 e. The molecule has 178 valence electrons. The zero-order valence-electron chi connectivity index (χ0n) is 19.9. The molecule has 3 heterocycles. The molecular weight excluding hydrogens is 434 g/mol. The van der Waals surface area contributed by atoms with Gasteiger partial charge in [-0.2, -0.15) is 0 Å². The third kappa shape index (κ3) is 4.25. The van der Waals surface area contributed by atoms with Crippen molar-refractivity contribution in [2.75, 3.05) is 0 Å². The molecule has 0 fully saturated rings. The highest BCUT2D eigenvalue weighted by atomic mass is 16.5. The Balaban J connectivity index is 1.72. The van der Waals surface area contributed by atoms with E-state index in [0.29, 0.717) is 41.0 Å². The number of hydrogen-bond acceptors (Lipinski definition) is 6. The summed E-state index contributed by atoms with van der Waals surface area (Å²) >= 11 is 0. The first-order chi connectivity index (χ1) is 16.3. The van der Waals surface area contributed by atoms with Gasteiger partial charge in [-0.1, -0.05) is 45.4 Å². The smallest absolute Gasteiger partial charge is 0.339 e. The van der Waals surface area contributed by atoms with E-state index in [1.54, 1.807) is 10.6 Å². The maximum absolute atomic E-state index is 13.1. The maximum Gasteiger partial charge on any atom is 0.339 e. The van der Waals surface area contributed by atoms with Crippen molar-refractivity contribution in [2.45, 2.75) is 66.2 Å². The number of unbranched alkanes of at least 4 members (excludes halogenated alkanes) is 1. The average Bonchev–Trinajstić information content (AvgIpc) is 3.20. The second kappa shape index (κ2) is 9.62. The first kappa shape index (κ1) is 23.4. The van der Waals surface area contributed by atoms with Crippen LogP contribution in [0.1, 0.15) is 68.3 Å². The van der Waals surface area contributed by atoms with E-state index >= 15 is 0 Å². The number of pyridine rings is 1. The number of carbonyl (C=O) groups excluding carboxylic acids is 1. The van der Waals surface area contributed by atoms with Crippen LogP contribution in [-0.2, 0) is 24.4 Å². The fraction of sp³-hybridized carbons (Fsp3) is 0.400. The normalized spacial score (nSPS) is 11.6. The van der Waals surface area contributed by atoms with Crippen LogP contribution in [0.4, 0.5) is 0 Å². The van der Waals surface area contributed by atoms with E-state index in [1.165, 1.54) is 4.57 Å². The molecule has 9 heteroatoms. The Kier molecular flexibility index (Phi) is 6.63. The van der Waals surface area contributed by atoms with Crippen LogP contribution in [-0.4, -0.2) is 30.1 Å². The Bertz CT molecular complexity index is 1480. The second-order valence-electron chi connectivity index (χ2n) is 8.55. The number of rotatable bonds is 8. The maximum atomic E-state index is 13.1. The van der Waals surface area contributed by atoms with Crippen LogP contribution in [0.2, 0.25) is 0 Å². The molecule has 0 atom stereocenters. The molecule has 1 aromatic carbocycles. The molecule has 0 amide bonds. The van der Waals surface area contributed by atoms with Gasteiger partial charge in [0.2, 0.25) is 0 Å². The van der Waals surface area contributed by atoms with Crippen molar-refractivity contribution >= 4 is 28.0 Å². The number of ether oxygens (including phenoxy) is 1. The summed E-state index contributed by atoms with van der Waals surface area (Å²) in [6.45, 7) is 8.69. The molecule has 0 aliphatic heterocycles. The first-order valence-electron chi connectivity index (χ1n) is 11.6. The van der Waals surface area contributed by atoms with Gasteiger partial charge in [0.1, 0.15) is 12.4 Å². The van der Waals surface area contributed by atoms with Gasteiger partial charge in [0.05, 0.1) is 11.1 Å². The van der Waals surface area contributed by atoms with Crippen LogP contribution in [0.25, 0.3) is 22.1 Å². The predicted octanol–water partition coefficient (Wildman–Crippen LogP) is 3.73. The third-order valence-electron chi connectivity index (χ3n) is 5.90. The summed E-state index contributed by atoms with van der Waals surface area (Å²) in [6.07, 6.45) is 1.67. The molecule has 0 bridgehead atoms. The van der Waals surface area contributed by atoms with Crippen molar-refractivity contribution in [2.24, 2.45) is 0 Å². The number of hydrogen-bond donors (Lipinski definition) is 1. The number of aromatic nitrogens is 5. The fourth-order valence-corrected chi connectivity index (χ4v) is 4.06. The Morgan fingerprint density at radius 3 is 2.59 bits per heavy atom. The zero-order valence-corrected chi connectivity index (χ0v) is 19.9. The molecule has 0 radical (unpaired) electrons. The Morgan fingerprint density at radius 1 is 1.12 bits per heavy atom. The van der Waals surface area contributed by atoms with Gasteiger partial charge in [0.15, 0.2) is 11.2 Å². The van der Waals surface area contributed by atoms with Crippen molar-refractivity contribution in [3.8, 4) is 0 Å². The van der Waals surface area contributed by atoms with Gasteiger partial charge in [-0.25, -0.2) is 14.6 Å². The first-order valence-corrected chi connectivity index (χ1v) is 11.6. The molecule has 0 saturated heterocycles. The summed E-state index contributed by atoms with van der Waals surface area (Å²) in [5.74, 6) is 0.0640. The molecule has 0 aliphatic carbocycles. The monoisotopic (exact) mass is 463 g/mol. The summed E-state index contributed by atoms with van der Waals surface area (Å²) in [4.78, 5) is 49.7. The Morgan fingerprint density at radius 2 is 1.88 bits per heavy atom. The molecule has 4 rings (SSSR count). The Labute approximate surface area is 196 Å². The molecule has 34 heavy (non-hydrogen) atoms. The number of fused-ring (bicyclic) bond motifs is 2. The van der Waals surface area contributed by atoms with Crippen molar-refractivity contribution in [1.82, 2.24) is 24.1 Å². The summed E-state index contributed by atoms with van der Waals surface area (Å²) < 4.78 is 8.83. The van der Waals surface area contributed by atoms with Gasteiger partial charge in [-0.05, 0) is 31.4 Å². The minimum atomic E-state index is -0.499. The van der Waals surface area contributed by atoms with Gasteiger partial charge in [-0.15, -0.1) is 0 Å². The number of imidazole rings is 1. The summed E-state index contributed by atoms with van der Waals surface area (Å²) in [6, 6.07) is 9.22. The van der Waals surface area contributed by atoms with Crippen molar-refractivity contribution in [1.29, 1.82) is 0 Å². The SMILES string of the molecule is CCCCn1c(=O)[nH]c(=O)c2c1nc(COC(=O)c1cc(C(C)C)nc3ccccc13)n2CC. The van der Waals surface area contributed by atoms with Crippen LogP contribution in [0, 0.1) is 0 Å². The molecule has 0 spiro atoms. The van der Waals surface area contributed by atoms with Gasteiger partial charge in [0, 0.05) is 24.2 Å². The number of H-pyrrole nitrogens is 1. The lowest BCUT2D eigenvalue weighted by atomic mass is 10.0. The number of aryl methyl sites for hydroxylation is 2. The van der Waals surface area contributed by atoms with Gasteiger partial charge < -0.3 is 9.30 Å². The number of benzene rings is 1. The standard InChI is InChI=1S/C25H29N5O4/c1-5-7-12-30-22-21(23(31)28-25(30)33)29(6-2)20(27-22)14-34-24(32)17-13-19(15(3)4)26-18-11-9-8-10-16(17)18/h8-11,13,15H,5-7,12,14H2,1-4H3,(H,28,31,33). The van der Waals surface area contributed by atoms with Gasteiger partial charge in [-0.3, -0.25) is 19.3 Å². The number of carbonyl (C=O) groups is 1. The van der Waals surface area contributed by atoms with E-state index in [0.717, 1.165) is 24.1 Å². The molecule has 3 aromatic heterocycles. The third-order valence-corrected chi connectivity index (χ3v) is 5.90. The Hall–Kier alpha value is -3.75. The average molecular weight is 464 g/mol. The van der Waals surface area contributed by atoms with E-state index in [9.17, 15) is 14.4 Å². The lowest BCUT2D eigenvalue weighted by Gasteiger charge is -2.12. The number of para-hydroxylation sites is 1. The van der Waals surface area contributed by atoms with Crippen LogP contribution in [0.15, 0.2) is 39.9 Å². The van der Waals surface area contributed by atoms with Crippen molar-refractivity contribution < 1.29 is 9.53 Å². The summed E-state index contributed by atoms with van der Waals surface area (Å²) in [5, 5.41) is 0.714. The summed E-state index contributed by atoms with van der Waals surface area (Å²) in [5.41, 5.74) is 1.60. The van der Waals surface area contributed by atoms with Crippen LogP contribution in [0.3, 0.4) is 0 Å². The minimum absolute atomic E-state index is 0.129. The van der Waals surface area contributed by atoms with E-state index < -0.39 is 17.2 Å². The quantitative estimate of drug-likeness (QED) is 0.399. The molecule has 0 aliphatic rings. The lowest BCUT2D eigenvalue weighted by Crippen LogP contribution is -2.31. The van der Waals surface area contributed by atoms with Gasteiger partial charge in [0.25, 0.3) is 5.56 Å². The minimum Gasteiger partial charge on any atom is -0.454 e. The topological polar surface area (TPSA) is 112 Å². The van der Waals surface area contributed by atoms with Crippen molar-refractivity contribution in [3.63, 3.8) is 0 Å². The molecule has 1 N–H and O–H groups in total. The highest BCUT2D eigenvalue weighted by Gasteiger charge is 2.20.